The molecule has 36 heavy (non-hydrogen) atoms. The summed E-state index contributed by atoms with van der Waals surface area (Å²) >= 11 is 3.39. The van der Waals surface area contributed by atoms with Crippen molar-refractivity contribution < 1.29 is 29.0 Å². The topological polar surface area (TPSA) is 105 Å². The maximum atomic E-state index is 13.3. The molecule has 0 bridgehead atoms. The number of nitrogens with one attached hydrogen (secondary N) is 1. The number of ether oxygens (including phenoxy) is 2. The van der Waals surface area contributed by atoms with Gasteiger partial charge in [-0.15, -0.1) is 0 Å². The molecule has 1 heterocycles. The average Bonchev–Trinajstić information content (AvgIpc) is 3.13. The Morgan fingerprint density at radius 1 is 1.00 bits per heavy atom. The highest BCUT2D eigenvalue weighted by Gasteiger charge is 2.47. The molecule has 2 amide bonds. The third-order valence-electron chi connectivity index (χ3n) is 5.75. The van der Waals surface area contributed by atoms with Crippen molar-refractivity contribution in [3.05, 3.63) is 87.9 Å². The van der Waals surface area contributed by atoms with Crippen LogP contribution < -0.4 is 19.7 Å². The number of aliphatic hydroxyl groups is 1. The molecular formula is C27H23BrN2O6. The minimum absolute atomic E-state index is 0.0628. The molecule has 0 radical (unpaired) electrons. The summed E-state index contributed by atoms with van der Waals surface area (Å²) in [6.45, 7) is 1.38. The zero-order valence-electron chi connectivity index (χ0n) is 19.7. The molecule has 8 nitrogen and oxygen atoms in total. The lowest BCUT2D eigenvalue weighted by Crippen LogP contribution is -2.29. The number of rotatable bonds is 6. The van der Waals surface area contributed by atoms with Crippen LogP contribution >= 0.6 is 15.9 Å². The van der Waals surface area contributed by atoms with Crippen molar-refractivity contribution in [1.29, 1.82) is 0 Å². The molecule has 1 fully saturated rings. The largest absolute Gasteiger partial charge is 0.507 e. The van der Waals surface area contributed by atoms with Crippen LogP contribution in [0.3, 0.4) is 0 Å². The van der Waals surface area contributed by atoms with Crippen LogP contribution in [0.2, 0.25) is 0 Å². The van der Waals surface area contributed by atoms with E-state index in [1.807, 2.05) is 0 Å². The second kappa shape index (κ2) is 10.2. The highest BCUT2D eigenvalue weighted by atomic mass is 79.9. The number of ketones is 1. The van der Waals surface area contributed by atoms with E-state index in [4.69, 9.17) is 9.47 Å². The Morgan fingerprint density at radius 3 is 2.33 bits per heavy atom. The van der Waals surface area contributed by atoms with Crippen LogP contribution in [0.4, 0.5) is 11.4 Å². The average molecular weight is 551 g/mol. The third-order valence-corrected chi connectivity index (χ3v) is 6.37. The van der Waals surface area contributed by atoms with E-state index in [9.17, 15) is 19.5 Å². The van der Waals surface area contributed by atoms with Gasteiger partial charge in [0, 0.05) is 23.9 Å². The number of aliphatic hydroxyl groups excluding tert-OH is 1. The van der Waals surface area contributed by atoms with Crippen LogP contribution in [0.1, 0.15) is 24.1 Å². The predicted octanol–water partition coefficient (Wildman–Crippen LogP) is 5.05. The lowest BCUT2D eigenvalue weighted by Gasteiger charge is -2.26. The molecule has 1 aliphatic heterocycles. The molecule has 1 atom stereocenters. The summed E-state index contributed by atoms with van der Waals surface area (Å²) in [4.78, 5) is 39.6. The zero-order chi connectivity index (χ0) is 26.0. The number of benzene rings is 3. The lowest BCUT2D eigenvalue weighted by molar-refractivity contribution is -0.132. The highest BCUT2D eigenvalue weighted by molar-refractivity contribution is 9.10. The smallest absolute Gasteiger partial charge is 0.300 e. The SMILES string of the molecule is COc1ccc(C2/C(=C(\O)c3ccc(OC)c(Br)c3)C(=O)C(=O)N2c2cccc(NC(C)=O)c2)cc1. The van der Waals surface area contributed by atoms with Crippen molar-refractivity contribution in [1.82, 2.24) is 0 Å². The molecule has 3 aromatic rings. The fraction of sp³-hybridized carbons (Fsp3) is 0.148. The fourth-order valence-corrected chi connectivity index (χ4v) is 4.65. The Bertz CT molecular complexity index is 1380. The van der Waals surface area contributed by atoms with E-state index in [-0.39, 0.29) is 17.2 Å². The van der Waals surface area contributed by atoms with Crippen molar-refractivity contribution in [3.8, 4) is 11.5 Å². The zero-order valence-corrected chi connectivity index (χ0v) is 21.3. The summed E-state index contributed by atoms with van der Waals surface area (Å²) in [7, 11) is 3.06. The van der Waals surface area contributed by atoms with Gasteiger partial charge in [-0.05, 0) is 70.0 Å². The Morgan fingerprint density at radius 2 is 1.72 bits per heavy atom. The first-order chi connectivity index (χ1) is 17.2. The Balaban J connectivity index is 1.91. The van der Waals surface area contributed by atoms with Crippen LogP contribution in [-0.4, -0.2) is 36.9 Å². The first-order valence-corrected chi connectivity index (χ1v) is 11.7. The van der Waals surface area contributed by atoms with Crippen LogP contribution in [0.5, 0.6) is 11.5 Å². The number of carbonyl (C=O) groups is 3. The molecule has 0 saturated carbocycles. The molecule has 184 valence electrons. The van der Waals surface area contributed by atoms with Gasteiger partial charge in [-0.2, -0.15) is 0 Å². The van der Waals surface area contributed by atoms with E-state index < -0.39 is 17.7 Å². The number of halogens is 1. The summed E-state index contributed by atoms with van der Waals surface area (Å²) in [5, 5.41) is 14.0. The molecule has 9 heteroatoms. The van der Waals surface area contributed by atoms with Gasteiger partial charge in [0.1, 0.15) is 17.3 Å². The molecule has 3 aromatic carbocycles. The van der Waals surface area contributed by atoms with E-state index in [2.05, 4.69) is 21.2 Å². The minimum atomic E-state index is -0.927. The summed E-state index contributed by atoms with van der Waals surface area (Å²) < 4.78 is 11.1. The number of hydrogen-bond donors (Lipinski definition) is 2. The van der Waals surface area contributed by atoms with E-state index >= 15 is 0 Å². The monoisotopic (exact) mass is 550 g/mol. The number of methoxy groups -OCH3 is 2. The number of nitrogens with zero attached hydrogens (tertiary/aromatic N) is 1. The van der Waals surface area contributed by atoms with Crippen LogP contribution in [0.25, 0.3) is 5.76 Å². The maximum Gasteiger partial charge on any atom is 0.300 e. The number of amides is 2. The van der Waals surface area contributed by atoms with Crippen molar-refractivity contribution >= 4 is 50.7 Å². The van der Waals surface area contributed by atoms with Gasteiger partial charge in [-0.25, -0.2) is 0 Å². The molecule has 4 rings (SSSR count). The second-order valence-corrected chi connectivity index (χ2v) is 8.88. The fourth-order valence-electron chi connectivity index (χ4n) is 4.11. The van der Waals surface area contributed by atoms with Gasteiger partial charge in [-0.1, -0.05) is 18.2 Å². The van der Waals surface area contributed by atoms with Gasteiger partial charge < -0.3 is 19.9 Å². The Hall–Kier alpha value is -4.11. The van der Waals surface area contributed by atoms with Crippen LogP contribution in [0.15, 0.2) is 76.8 Å². The molecule has 0 spiro atoms. The van der Waals surface area contributed by atoms with Crippen molar-refractivity contribution in [2.45, 2.75) is 13.0 Å². The molecule has 1 aliphatic rings. The van der Waals surface area contributed by atoms with Crippen molar-refractivity contribution in [3.63, 3.8) is 0 Å². The Kier molecular flexibility index (Phi) is 7.12. The molecular weight excluding hydrogens is 528 g/mol. The summed E-state index contributed by atoms with van der Waals surface area (Å²) in [6, 6.07) is 17.5. The summed E-state index contributed by atoms with van der Waals surface area (Å²) in [5.41, 5.74) is 1.72. The summed E-state index contributed by atoms with van der Waals surface area (Å²) in [6.07, 6.45) is 0. The van der Waals surface area contributed by atoms with Crippen molar-refractivity contribution in [2.75, 3.05) is 24.4 Å². The maximum absolute atomic E-state index is 13.3. The molecule has 1 unspecified atom stereocenters. The van der Waals surface area contributed by atoms with Gasteiger partial charge in [0.2, 0.25) is 5.91 Å². The third kappa shape index (κ3) is 4.70. The standard InChI is InChI=1S/C27H23BrN2O6/c1-15(31)29-18-5-4-6-19(14-18)30-24(16-7-10-20(35-2)11-8-16)23(26(33)27(30)34)25(32)17-9-12-22(36-3)21(28)13-17/h4-14,24,32H,1-3H3,(H,29,31)/b25-23+. The molecule has 0 aliphatic carbocycles. The normalized spacial score (nSPS) is 16.7. The second-order valence-electron chi connectivity index (χ2n) is 8.02. The molecule has 0 aromatic heterocycles. The number of hydrogen-bond acceptors (Lipinski definition) is 6. The summed E-state index contributed by atoms with van der Waals surface area (Å²) in [5.74, 6) is -1.07. The molecule has 1 saturated heterocycles. The van der Waals surface area contributed by atoms with Gasteiger partial charge >= 0.3 is 0 Å². The minimum Gasteiger partial charge on any atom is -0.507 e. The number of anilines is 2. The van der Waals surface area contributed by atoms with E-state index in [0.717, 1.165) is 0 Å². The van der Waals surface area contributed by atoms with Gasteiger partial charge in [-0.3, -0.25) is 19.3 Å². The first-order valence-electron chi connectivity index (χ1n) is 10.9. The van der Waals surface area contributed by atoms with Crippen LogP contribution in [0, 0.1) is 0 Å². The predicted molar refractivity (Wildman–Crippen MR) is 139 cm³/mol. The van der Waals surface area contributed by atoms with E-state index in [0.29, 0.717) is 38.5 Å². The quantitative estimate of drug-likeness (QED) is 0.253. The number of carbonyl (C=O) groups excluding carboxylic acids is 3. The lowest BCUT2D eigenvalue weighted by atomic mass is 9.95. The van der Waals surface area contributed by atoms with Crippen LogP contribution in [-0.2, 0) is 14.4 Å². The highest BCUT2D eigenvalue weighted by Crippen LogP contribution is 2.43. The van der Waals surface area contributed by atoms with Gasteiger partial charge in [0.25, 0.3) is 11.7 Å². The van der Waals surface area contributed by atoms with Crippen molar-refractivity contribution in [2.24, 2.45) is 0 Å². The van der Waals surface area contributed by atoms with Gasteiger partial charge in [0.05, 0.1) is 30.3 Å². The molecule has 2 N–H and O–H groups in total. The number of Topliss-reactive ketones (excluding diaryl/α,β-unsaturated/α-hetero) is 1. The first kappa shape index (κ1) is 25.0. The van der Waals surface area contributed by atoms with E-state index in [1.54, 1.807) is 66.7 Å². The Labute approximate surface area is 216 Å². The van der Waals surface area contributed by atoms with E-state index in [1.165, 1.54) is 26.0 Å². The van der Waals surface area contributed by atoms with Gasteiger partial charge in [0.15, 0.2) is 0 Å².